The van der Waals surface area contributed by atoms with Crippen LogP contribution in [-0.2, 0) is 4.79 Å². The summed E-state index contributed by atoms with van der Waals surface area (Å²) in [6.07, 6.45) is -2.58. The van der Waals surface area contributed by atoms with E-state index in [4.69, 9.17) is 4.74 Å². The maximum atomic E-state index is 13.8. The van der Waals surface area contributed by atoms with Crippen LogP contribution in [0.15, 0.2) is 24.3 Å². The fourth-order valence-electron chi connectivity index (χ4n) is 3.37. The standard InChI is InChI=1S/C18H22F4N2O2/c19-14-3-1-2-4-15(14)26-12-17(7-9-23-10-8-17)11-24(13-5-6-13)16(25)18(20,21)22/h1-4,13,23H,5-12H2. The first-order valence-electron chi connectivity index (χ1n) is 8.77. The average Bonchev–Trinajstić information content (AvgIpc) is 3.44. The Kier molecular flexibility index (Phi) is 5.41. The van der Waals surface area contributed by atoms with Crippen molar-refractivity contribution in [3.63, 3.8) is 0 Å². The zero-order valence-corrected chi connectivity index (χ0v) is 14.3. The van der Waals surface area contributed by atoms with Crippen LogP contribution in [0.3, 0.4) is 0 Å². The van der Waals surface area contributed by atoms with Gasteiger partial charge >= 0.3 is 12.1 Å². The molecule has 26 heavy (non-hydrogen) atoms. The Balaban J connectivity index is 1.76. The zero-order chi connectivity index (χ0) is 18.8. The van der Waals surface area contributed by atoms with Gasteiger partial charge in [-0.05, 0) is 50.9 Å². The summed E-state index contributed by atoms with van der Waals surface area (Å²) in [6, 6.07) is 5.58. The summed E-state index contributed by atoms with van der Waals surface area (Å²) in [6.45, 7) is 1.30. The first-order valence-corrected chi connectivity index (χ1v) is 8.77. The summed E-state index contributed by atoms with van der Waals surface area (Å²) in [5, 5.41) is 3.17. The number of alkyl halides is 3. The van der Waals surface area contributed by atoms with Crippen LogP contribution in [-0.4, -0.2) is 49.3 Å². The van der Waals surface area contributed by atoms with E-state index in [0.29, 0.717) is 38.8 Å². The van der Waals surface area contributed by atoms with E-state index < -0.39 is 23.3 Å². The molecule has 3 rings (SSSR count). The summed E-state index contributed by atoms with van der Waals surface area (Å²) in [5.41, 5.74) is -0.628. The van der Waals surface area contributed by atoms with Gasteiger partial charge < -0.3 is 15.0 Å². The minimum Gasteiger partial charge on any atom is -0.490 e. The van der Waals surface area contributed by atoms with E-state index in [-0.39, 0.29) is 24.9 Å². The van der Waals surface area contributed by atoms with Crippen LogP contribution < -0.4 is 10.1 Å². The highest BCUT2D eigenvalue weighted by molar-refractivity contribution is 5.82. The molecule has 1 amide bonds. The molecule has 2 aliphatic rings. The number of nitrogens with one attached hydrogen (secondary N) is 1. The fourth-order valence-corrected chi connectivity index (χ4v) is 3.37. The summed E-state index contributed by atoms with van der Waals surface area (Å²) in [5.74, 6) is -2.23. The number of carbonyl (C=O) groups excluding carboxylic acids is 1. The third kappa shape index (κ3) is 4.47. The third-order valence-corrected chi connectivity index (χ3v) is 5.03. The minimum atomic E-state index is -4.89. The van der Waals surface area contributed by atoms with Gasteiger partial charge in [-0.2, -0.15) is 13.2 Å². The molecule has 1 saturated carbocycles. The number of halogens is 4. The van der Waals surface area contributed by atoms with E-state index in [0.717, 1.165) is 4.90 Å². The molecule has 144 valence electrons. The van der Waals surface area contributed by atoms with Crippen molar-refractivity contribution in [2.45, 2.75) is 37.9 Å². The minimum absolute atomic E-state index is 0.0217. The number of hydrogen-bond donors (Lipinski definition) is 1. The Hall–Kier alpha value is -1.83. The topological polar surface area (TPSA) is 41.6 Å². The lowest BCUT2D eigenvalue weighted by Gasteiger charge is -2.41. The maximum Gasteiger partial charge on any atom is 0.471 e. The van der Waals surface area contributed by atoms with Crippen molar-refractivity contribution < 1.29 is 27.1 Å². The fraction of sp³-hybridized carbons (Fsp3) is 0.611. The van der Waals surface area contributed by atoms with Crippen molar-refractivity contribution in [2.75, 3.05) is 26.2 Å². The highest BCUT2D eigenvalue weighted by Gasteiger charge is 2.50. The van der Waals surface area contributed by atoms with Gasteiger partial charge in [0.15, 0.2) is 11.6 Å². The number of benzene rings is 1. The maximum absolute atomic E-state index is 13.8. The molecule has 1 aromatic carbocycles. The predicted octanol–water partition coefficient (Wildman–Crippen LogP) is 3.13. The molecule has 1 aliphatic carbocycles. The zero-order valence-electron chi connectivity index (χ0n) is 14.3. The van der Waals surface area contributed by atoms with Crippen LogP contribution in [0.2, 0.25) is 0 Å². The van der Waals surface area contributed by atoms with Crippen LogP contribution in [0.4, 0.5) is 17.6 Å². The Morgan fingerprint density at radius 3 is 2.46 bits per heavy atom. The lowest BCUT2D eigenvalue weighted by molar-refractivity contribution is -0.188. The molecule has 1 saturated heterocycles. The Bertz CT molecular complexity index is 640. The van der Waals surface area contributed by atoms with Gasteiger partial charge in [-0.1, -0.05) is 12.1 Å². The number of hydrogen-bond acceptors (Lipinski definition) is 3. The van der Waals surface area contributed by atoms with E-state index in [1.54, 1.807) is 12.1 Å². The molecule has 1 aromatic rings. The molecule has 8 heteroatoms. The summed E-state index contributed by atoms with van der Waals surface area (Å²) in [4.78, 5) is 12.8. The second kappa shape index (κ2) is 7.42. The number of piperidine rings is 1. The molecule has 1 N–H and O–H groups in total. The highest BCUT2D eigenvalue weighted by Crippen LogP contribution is 2.38. The average molecular weight is 374 g/mol. The first-order chi connectivity index (χ1) is 12.3. The molecule has 0 radical (unpaired) electrons. The summed E-state index contributed by atoms with van der Waals surface area (Å²) < 4.78 is 58.4. The van der Waals surface area contributed by atoms with Crippen molar-refractivity contribution in [2.24, 2.45) is 5.41 Å². The van der Waals surface area contributed by atoms with Gasteiger partial charge in [-0.15, -0.1) is 0 Å². The van der Waals surface area contributed by atoms with Gasteiger partial charge in [0.05, 0.1) is 6.61 Å². The van der Waals surface area contributed by atoms with Crippen LogP contribution in [0.25, 0.3) is 0 Å². The van der Waals surface area contributed by atoms with Crippen molar-refractivity contribution in [3.8, 4) is 5.75 Å². The number of amides is 1. The molecular formula is C18H22F4N2O2. The van der Waals surface area contributed by atoms with Crippen molar-refractivity contribution in [3.05, 3.63) is 30.1 Å². The van der Waals surface area contributed by atoms with E-state index in [1.165, 1.54) is 12.1 Å². The van der Waals surface area contributed by atoms with Crippen molar-refractivity contribution in [1.29, 1.82) is 0 Å². The molecular weight excluding hydrogens is 352 g/mol. The Morgan fingerprint density at radius 2 is 1.88 bits per heavy atom. The van der Waals surface area contributed by atoms with Crippen molar-refractivity contribution >= 4 is 5.91 Å². The monoisotopic (exact) mass is 374 g/mol. The SMILES string of the molecule is O=C(N(CC1(COc2ccccc2F)CCNCC1)C1CC1)C(F)(F)F. The van der Waals surface area contributed by atoms with Crippen LogP contribution in [0, 0.1) is 11.2 Å². The quantitative estimate of drug-likeness (QED) is 0.778. The third-order valence-electron chi connectivity index (χ3n) is 5.03. The lowest BCUT2D eigenvalue weighted by Crippen LogP contribution is -2.52. The van der Waals surface area contributed by atoms with E-state index >= 15 is 0 Å². The lowest BCUT2D eigenvalue weighted by atomic mass is 9.79. The molecule has 1 aliphatic heterocycles. The predicted molar refractivity (Wildman–Crippen MR) is 87.2 cm³/mol. The van der Waals surface area contributed by atoms with Gasteiger partial charge in [0, 0.05) is 18.0 Å². The Labute approximate surface area is 149 Å². The normalized spacial score (nSPS) is 19.8. The number of para-hydroxylation sites is 1. The van der Waals surface area contributed by atoms with E-state index in [2.05, 4.69) is 5.32 Å². The molecule has 0 unspecified atom stereocenters. The van der Waals surface area contributed by atoms with Gasteiger partial charge in [-0.3, -0.25) is 4.79 Å². The number of carbonyl (C=O) groups is 1. The molecule has 4 nitrogen and oxygen atoms in total. The van der Waals surface area contributed by atoms with Crippen LogP contribution >= 0.6 is 0 Å². The summed E-state index contributed by atoms with van der Waals surface area (Å²) in [7, 11) is 0. The van der Waals surface area contributed by atoms with Gasteiger partial charge in [0.1, 0.15) is 0 Å². The molecule has 0 aromatic heterocycles. The van der Waals surface area contributed by atoms with Crippen molar-refractivity contribution in [1.82, 2.24) is 10.2 Å². The second-order valence-electron chi connectivity index (χ2n) is 7.13. The van der Waals surface area contributed by atoms with E-state index in [1.807, 2.05) is 0 Å². The number of ether oxygens (including phenoxy) is 1. The van der Waals surface area contributed by atoms with Gasteiger partial charge in [0.2, 0.25) is 0 Å². The number of nitrogens with zero attached hydrogens (tertiary/aromatic N) is 1. The molecule has 0 spiro atoms. The van der Waals surface area contributed by atoms with E-state index in [9.17, 15) is 22.4 Å². The molecule has 0 atom stereocenters. The molecule has 0 bridgehead atoms. The van der Waals surface area contributed by atoms with Crippen LogP contribution in [0.1, 0.15) is 25.7 Å². The smallest absolute Gasteiger partial charge is 0.471 e. The number of rotatable bonds is 6. The molecule has 1 heterocycles. The largest absolute Gasteiger partial charge is 0.490 e. The highest BCUT2D eigenvalue weighted by atomic mass is 19.4. The first kappa shape index (κ1) is 18.9. The second-order valence-corrected chi connectivity index (χ2v) is 7.13. The van der Waals surface area contributed by atoms with Gasteiger partial charge in [0.25, 0.3) is 0 Å². The summed E-state index contributed by atoms with van der Waals surface area (Å²) >= 11 is 0. The van der Waals surface area contributed by atoms with Gasteiger partial charge in [-0.25, -0.2) is 4.39 Å². The van der Waals surface area contributed by atoms with Crippen LogP contribution in [0.5, 0.6) is 5.75 Å². The molecule has 2 fully saturated rings. The Morgan fingerprint density at radius 1 is 1.23 bits per heavy atom.